The smallest absolute Gasteiger partial charge is 0.254 e. The van der Waals surface area contributed by atoms with Crippen LogP contribution in [0.5, 0.6) is 0 Å². The molecule has 3 nitrogen and oxygen atoms in total. The van der Waals surface area contributed by atoms with Crippen LogP contribution < -0.4 is 5.32 Å². The van der Waals surface area contributed by atoms with Gasteiger partial charge < -0.3 is 5.32 Å². The summed E-state index contributed by atoms with van der Waals surface area (Å²) >= 11 is 1.66. The van der Waals surface area contributed by atoms with Crippen molar-refractivity contribution in [2.75, 3.05) is 19.6 Å². The van der Waals surface area contributed by atoms with E-state index in [-0.39, 0.29) is 17.5 Å². The molecule has 1 aliphatic heterocycles. The van der Waals surface area contributed by atoms with Crippen molar-refractivity contribution in [1.29, 1.82) is 0 Å². The number of halogens is 1. The van der Waals surface area contributed by atoms with E-state index in [0.29, 0.717) is 6.54 Å². The summed E-state index contributed by atoms with van der Waals surface area (Å²) in [6.07, 6.45) is 2.39. The third-order valence-corrected chi connectivity index (χ3v) is 4.79. The molecule has 1 atom stereocenters. The predicted molar refractivity (Wildman–Crippen MR) is 86.6 cm³/mol. The van der Waals surface area contributed by atoms with Crippen molar-refractivity contribution < 1.29 is 9.18 Å². The van der Waals surface area contributed by atoms with Gasteiger partial charge in [0.1, 0.15) is 5.82 Å². The van der Waals surface area contributed by atoms with Crippen molar-refractivity contribution in [1.82, 2.24) is 10.2 Å². The molecule has 0 unspecified atom stereocenters. The molecule has 1 aliphatic rings. The summed E-state index contributed by atoms with van der Waals surface area (Å²) in [7, 11) is 0. The van der Waals surface area contributed by atoms with Gasteiger partial charge in [0.05, 0.1) is 11.6 Å². The Balaban J connectivity index is 1.69. The number of rotatable bonds is 5. The van der Waals surface area contributed by atoms with Crippen LogP contribution >= 0.6 is 11.3 Å². The third kappa shape index (κ3) is 3.36. The minimum atomic E-state index is -0.478. The molecule has 1 aromatic carbocycles. The fraction of sp³-hybridized carbons (Fsp3) is 0.353. The zero-order valence-corrected chi connectivity index (χ0v) is 13.1. The van der Waals surface area contributed by atoms with Crippen LogP contribution in [0.2, 0.25) is 0 Å². The molecule has 1 saturated heterocycles. The third-order valence-electron chi connectivity index (χ3n) is 4.08. The summed E-state index contributed by atoms with van der Waals surface area (Å²) in [5, 5.41) is 7.07. The largest absolute Gasteiger partial charge is 0.350 e. The number of nitrogens with one attached hydrogen (secondary N) is 1. The lowest BCUT2D eigenvalue weighted by molar-refractivity contribution is 0.0934. The molecule has 1 fully saturated rings. The van der Waals surface area contributed by atoms with Crippen LogP contribution in [0.4, 0.5) is 4.39 Å². The maximum atomic E-state index is 13.7. The van der Waals surface area contributed by atoms with Crippen LogP contribution in [0.1, 0.15) is 34.8 Å². The average molecular weight is 318 g/mol. The number of nitrogens with zero attached hydrogens (tertiary/aromatic N) is 1. The van der Waals surface area contributed by atoms with E-state index in [2.05, 4.69) is 27.0 Å². The van der Waals surface area contributed by atoms with Gasteiger partial charge in [0.15, 0.2) is 0 Å². The van der Waals surface area contributed by atoms with Crippen molar-refractivity contribution in [3.63, 3.8) is 0 Å². The number of hydrogen-bond acceptors (Lipinski definition) is 3. The molecule has 0 aliphatic carbocycles. The van der Waals surface area contributed by atoms with Crippen molar-refractivity contribution >= 4 is 17.2 Å². The second-order valence-corrected chi connectivity index (χ2v) is 6.29. The summed E-state index contributed by atoms with van der Waals surface area (Å²) in [6.45, 7) is 2.61. The number of benzene rings is 1. The quantitative estimate of drug-likeness (QED) is 0.916. The molecule has 3 rings (SSSR count). The molecule has 0 spiro atoms. The number of carbonyl (C=O) groups excluding carboxylic acids is 1. The second kappa shape index (κ2) is 7.03. The highest BCUT2D eigenvalue weighted by Crippen LogP contribution is 2.26. The van der Waals surface area contributed by atoms with E-state index in [1.807, 2.05) is 0 Å². The van der Waals surface area contributed by atoms with E-state index in [1.54, 1.807) is 23.5 Å². The van der Waals surface area contributed by atoms with Gasteiger partial charge in [-0.05, 0) is 60.5 Å². The molecule has 22 heavy (non-hydrogen) atoms. The molecule has 0 saturated carbocycles. The van der Waals surface area contributed by atoms with E-state index >= 15 is 0 Å². The van der Waals surface area contributed by atoms with Gasteiger partial charge in [0.25, 0.3) is 5.91 Å². The van der Waals surface area contributed by atoms with Crippen LogP contribution in [0.3, 0.4) is 0 Å². The highest BCUT2D eigenvalue weighted by atomic mass is 32.1. The molecule has 5 heteroatoms. The Morgan fingerprint density at radius 1 is 1.27 bits per heavy atom. The van der Waals surface area contributed by atoms with E-state index in [4.69, 9.17) is 0 Å². The molecule has 116 valence electrons. The molecule has 2 aromatic rings. The first-order valence-corrected chi connectivity index (χ1v) is 8.49. The van der Waals surface area contributed by atoms with Gasteiger partial charge in [-0.2, -0.15) is 11.3 Å². The van der Waals surface area contributed by atoms with E-state index in [1.165, 1.54) is 30.5 Å². The predicted octanol–water partition coefficient (Wildman–Crippen LogP) is 3.45. The normalized spacial score (nSPS) is 16.6. The first-order chi connectivity index (χ1) is 10.8. The Bertz CT molecular complexity index is 623. The monoisotopic (exact) mass is 318 g/mol. The second-order valence-electron chi connectivity index (χ2n) is 5.51. The molecule has 1 aromatic heterocycles. The van der Waals surface area contributed by atoms with Gasteiger partial charge in [-0.25, -0.2) is 4.39 Å². The lowest BCUT2D eigenvalue weighted by Crippen LogP contribution is -2.36. The van der Waals surface area contributed by atoms with Crippen LogP contribution in [0.15, 0.2) is 41.1 Å². The topological polar surface area (TPSA) is 32.3 Å². The maximum absolute atomic E-state index is 13.7. The fourth-order valence-electron chi connectivity index (χ4n) is 2.91. The van der Waals surface area contributed by atoms with Crippen molar-refractivity contribution in [3.05, 3.63) is 58.0 Å². The van der Waals surface area contributed by atoms with Crippen molar-refractivity contribution in [2.45, 2.75) is 18.9 Å². The van der Waals surface area contributed by atoms with Crippen LogP contribution in [0, 0.1) is 5.82 Å². The lowest BCUT2D eigenvalue weighted by Gasteiger charge is -2.27. The molecule has 1 N–H and O–H groups in total. The van der Waals surface area contributed by atoms with Crippen molar-refractivity contribution in [3.8, 4) is 0 Å². The summed E-state index contributed by atoms with van der Waals surface area (Å²) in [4.78, 5) is 14.6. The number of hydrogen-bond donors (Lipinski definition) is 1. The van der Waals surface area contributed by atoms with Crippen LogP contribution in [0.25, 0.3) is 0 Å². The van der Waals surface area contributed by atoms with Gasteiger partial charge in [0.2, 0.25) is 0 Å². The van der Waals surface area contributed by atoms with Gasteiger partial charge in [-0.1, -0.05) is 12.1 Å². The van der Waals surface area contributed by atoms with Gasteiger partial charge in [-0.15, -0.1) is 0 Å². The lowest BCUT2D eigenvalue weighted by atomic mass is 10.1. The molecule has 0 bridgehead atoms. The van der Waals surface area contributed by atoms with Crippen LogP contribution in [-0.2, 0) is 0 Å². The summed E-state index contributed by atoms with van der Waals surface area (Å²) in [5.74, 6) is -0.828. The Hall–Kier alpha value is -1.72. The summed E-state index contributed by atoms with van der Waals surface area (Å²) in [5.41, 5.74) is 1.33. The number of carbonyl (C=O) groups is 1. The summed E-state index contributed by atoms with van der Waals surface area (Å²) in [6, 6.07) is 8.36. The van der Waals surface area contributed by atoms with Gasteiger partial charge >= 0.3 is 0 Å². The number of likely N-dealkylation sites (tertiary alicyclic amines) is 1. The molecular formula is C17H19FN2OS. The van der Waals surface area contributed by atoms with Gasteiger partial charge in [-0.3, -0.25) is 9.69 Å². The Morgan fingerprint density at radius 3 is 2.73 bits per heavy atom. The summed E-state index contributed by atoms with van der Waals surface area (Å²) < 4.78 is 13.7. The van der Waals surface area contributed by atoms with E-state index in [9.17, 15) is 9.18 Å². The zero-order chi connectivity index (χ0) is 15.4. The molecule has 2 heterocycles. The van der Waals surface area contributed by atoms with E-state index < -0.39 is 5.82 Å². The Morgan fingerprint density at radius 2 is 2.05 bits per heavy atom. The zero-order valence-electron chi connectivity index (χ0n) is 12.3. The Labute approximate surface area is 133 Å². The van der Waals surface area contributed by atoms with E-state index in [0.717, 1.165) is 13.1 Å². The highest BCUT2D eigenvalue weighted by Gasteiger charge is 2.24. The SMILES string of the molecule is O=C(NC[C@H](c1ccsc1)N1CCCC1)c1ccccc1F. The maximum Gasteiger partial charge on any atom is 0.254 e. The van der Waals surface area contributed by atoms with Crippen molar-refractivity contribution in [2.24, 2.45) is 0 Å². The average Bonchev–Trinajstić information content (AvgIpc) is 3.21. The molecule has 0 radical (unpaired) electrons. The minimum Gasteiger partial charge on any atom is -0.350 e. The Kier molecular flexibility index (Phi) is 4.85. The standard InChI is InChI=1S/C17H19FN2OS/c18-15-6-2-1-5-14(15)17(21)19-11-16(13-7-10-22-12-13)20-8-3-4-9-20/h1-2,5-7,10,12,16H,3-4,8-9,11H2,(H,19,21)/t16-/m1/s1. The first kappa shape index (κ1) is 15.2. The van der Waals surface area contributed by atoms with Crippen LogP contribution in [-0.4, -0.2) is 30.4 Å². The molecular weight excluding hydrogens is 299 g/mol. The molecule has 1 amide bonds. The fourth-order valence-corrected chi connectivity index (χ4v) is 3.61. The number of amides is 1. The highest BCUT2D eigenvalue weighted by molar-refractivity contribution is 7.07. The first-order valence-electron chi connectivity index (χ1n) is 7.54. The minimum absolute atomic E-state index is 0.105. The number of thiophene rings is 1. The van der Waals surface area contributed by atoms with Gasteiger partial charge in [0, 0.05) is 6.54 Å².